The molecular formula is C21H57CuP3SSi+3. The van der Waals surface area contributed by atoms with Gasteiger partial charge in [-0.2, -0.15) is 0 Å². The number of rotatable bonds is 9. The second kappa shape index (κ2) is 30.6. The third kappa shape index (κ3) is 47.5. The molecule has 0 aliphatic rings. The predicted octanol–water partition coefficient (Wildman–Crippen LogP) is 8.15. The van der Waals surface area contributed by atoms with Crippen LogP contribution in [0.15, 0.2) is 0 Å². The molecule has 0 bridgehead atoms. The van der Waals surface area contributed by atoms with Gasteiger partial charge in [0.15, 0.2) is 0 Å². The molecule has 0 aromatic heterocycles. The van der Waals surface area contributed by atoms with Gasteiger partial charge in [-0.15, -0.1) is 0 Å². The molecule has 0 aliphatic heterocycles. The van der Waals surface area contributed by atoms with Crippen LogP contribution in [0.5, 0.6) is 0 Å². The summed E-state index contributed by atoms with van der Waals surface area (Å²) in [6, 6.07) is 0. The maximum atomic E-state index is 4.97. The molecule has 0 N–H and O–H groups in total. The van der Waals surface area contributed by atoms with Crippen molar-refractivity contribution in [1.82, 2.24) is 0 Å². The van der Waals surface area contributed by atoms with Crippen LogP contribution in [-0.2, 0) is 29.1 Å². The van der Waals surface area contributed by atoms with Gasteiger partial charge in [0.05, 0.1) is 55.5 Å². The Labute approximate surface area is 196 Å². The van der Waals surface area contributed by atoms with Crippen molar-refractivity contribution in [3.8, 4) is 0 Å². The van der Waals surface area contributed by atoms with Crippen LogP contribution in [0.25, 0.3) is 0 Å². The molecule has 0 nitrogen and oxygen atoms in total. The Morgan fingerprint density at radius 3 is 0.519 bits per heavy atom. The van der Waals surface area contributed by atoms with E-state index in [4.69, 9.17) is 12.1 Å². The molecule has 0 amide bonds. The molecule has 0 radical (unpaired) electrons. The molecule has 0 heterocycles. The minimum atomic E-state index is -1.03. The van der Waals surface area contributed by atoms with Crippen molar-refractivity contribution in [3.63, 3.8) is 0 Å². The van der Waals surface area contributed by atoms with E-state index in [2.05, 4.69) is 82.0 Å². The Bertz CT molecular complexity index is 179. The van der Waals surface area contributed by atoms with E-state index in [0.29, 0.717) is 0 Å². The van der Waals surface area contributed by atoms with E-state index in [-0.39, 0.29) is 40.8 Å². The first kappa shape index (κ1) is 39.8. The number of hydrogen-bond donors (Lipinski definition) is 0. The van der Waals surface area contributed by atoms with E-state index in [0.717, 1.165) is 0 Å². The molecule has 0 spiro atoms. The summed E-state index contributed by atoms with van der Waals surface area (Å²) in [5, 5.41) is 0. The average Bonchev–Trinajstić information content (AvgIpc) is 2.59. The van der Waals surface area contributed by atoms with Crippen molar-refractivity contribution in [2.45, 2.75) is 82.0 Å². The van der Waals surface area contributed by atoms with Crippen LogP contribution in [0.4, 0.5) is 0 Å². The Morgan fingerprint density at radius 2 is 0.519 bits per heavy atom. The van der Waals surface area contributed by atoms with Crippen LogP contribution in [0.1, 0.15) is 62.3 Å². The van der Waals surface area contributed by atoms with Gasteiger partial charge in [0, 0.05) is 0 Å². The van der Waals surface area contributed by atoms with E-state index >= 15 is 0 Å². The average molecular weight is 526 g/mol. The summed E-state index contributed by atoms with van der Waals surface area (Å²) in [7, 11) is -0.616. The molecule has 6 heteroatoms. The van der Waals surface area contributed by atoms with E-state index in [9.17, 15) is 0 Å². The summed E-state index contributed by atoms with van der Waals surface area (Å²) in [6.45, 7) is 27.2. The summed E-state index contributed by atoms with van der Waals surface area (Å²) in [6.07, 6.45) is 13.1. The smallest absolute Gasteiger partial charge is 0.797 e. The maximum absolute atomic E-state index is 4.97. The Hall–Kier alpha value is 2.38. The standard InChI is InChI=1S/3C6H15P.C3H9SSi.Cu/c3*1-4-7(5-2)6-3;1-5(2,3)4;/h3*4-6H2,1-3H3;1-3H3;/q;;;-1;+1/p+3. The zero-order valence-corrected chi connectivity index (χ0v) is 26.8. The Kier molecular flexibility index (Phi) is 45.1. The Morgan fingerprint density at radius 1 is 0.444 bits per heavy atom. The first-order valence-corrected chi connectivity index (χ1v) is 22.2. The summed E-state index contributed by atoms with van der Waals surface area (Å²) >= 11 is 4.97. The maximum Gasteiger partial charge on any atom is 1.00 e. The molecule has 0 rings (SSSR count). The van der Waals surface area contributed by atoms with Crippen molar-refractivity contribution in [2.75, 3.05) is 55.5 Å². The van der Waals surface area contributed by atoms with Gasteiger partial charge in [-0.05, 0) is 86.1 Å². The molecule has 0 aromatic carbocycles. The van der Waals surface area contributed by atoms with Crippen LogP contribution < -0.4 is 0 Å². The summed E-state index contributed by atoms with van der Waals surface area (Å²) in [5.74, 6) is 0. The third-order valence-corrected chi connectivity index (χ3v) is 13.5. The first-order chi connectivity index (χ1) is 12.0. The minimum Gasteiger partial charge on any atom is -0.797 e. The molecule has 0 fully saturated rings. The van der Waals surface area contributed by atoms with Crippen molar-refractivity contribution >= 4 is 43.1 Å². The van der Waals surface area contributed by atoms with Crippen LogP contribution in [0, 0.1) is 0 Å². The van der Waals surface area contributed by atoms with Crippen LogP contribution >= 0.6 is 23.8 Å². The van der Waals surface area contributed by atoms with Crippen LogP contribution in [0.2, 0.25) is 19.6 Å². The SMILES string of the molecule is CC[PH+](CC)CC.CC[PH+](CC)CC.CC[PH+](CC)CC.C[Si](C)(C)[S-].[Cu+]. The largest absolute Gasteiger partial charge is 1.00 e. The minimum absolute atomic E-state index is 0. The summed E-state index contributed by atoms with van der Waals surface area (Å²) in [4.78, 5) is 0. The molecule has 27 heavy (non-hydrogen) atoms. The van der Waals surface area contributed by atoms with Crippen molar-refractivity contribution in [1.29, 1.82) is 0 Å². The predicted molar refractivity (Wildman–Crippen MR) is 151 cm³/mol. The molecule has 0 saturated carbocycles. The van der Waals surface area contributed by atoms with Gasteiger partial charge in [-0.25, -0.2) is 0 Å². The second-order valence-electron chi connectivity index (χ2n) is 7.54. The van der Waals surface area contributed by atoms with Gasteiger partial charge in [0.1, 0.15) is 0 Å². The van der Waals surface area contributed by atoms with Gasteiger partial charge in [-0.1, -0.05) is 26.9 Å². The zero-order chi connectivity index (χ0) is 21.6. The quantitative estimate of drug-likeness (QED) is 0.166. The van der Waals surface area contributed by atoms with E-state index in [1.165, 1.54) is 55.5 Å². The Balaban J connectivity index is -0.0000000793. The number of hydrogen-bond acceptors (Lipinski definition) is 1. The molecule has 0 saturated heterocycles. The van der Waals surface area contributed by atoms with E-state index in [1.54, 1.807) is 0 Å². The van der Waals surface area contributed by atoms with Crippen molar-refractivity contribution in [3.05, 3.63) is 0 Å². The zero-order valence-electron chi connectivity index (χ0n) is 21.1. The molecule has 174 valence electrons. The van der Waals surface area contributed by atoms with Crippen LogP contribution in [-0.4, -0.2) is 62.7 Å². The van der Waals surface area contributed by atoms with Gasteiger partial charge >= 0.3 is 17.1 Å². The van der Waals surface area contributed by atoms with Gasteiger partial charge < -0.3 is 12.1 Å². The van der Waals surface area contributed by atoms with Crippen LogP contribution in [0.3, 0.4) is 0 Å². The van der Waals surface area contributed by atoms with E-state index < -0.39 is 7.22 Å². The van der Waals surface area contributed by atoms with Gasteiger partial charge in [0.2, 0.25) is 0 Å². The normalized spacial score (nSPS) is 10.2. The molecular weight excluding hydrogens is 469 g/mol. The van der Waals surface area contributed by atoms with Crippen molar-refractivity contribution in [2.24, 2.45) is 0 Å². The molecule has 0 unspecified atom stereocenters. The fraction of sp³-hybridized carbons (Fsp3) is 1.00. The molecule has 0 aliphatic carbocycles. The third-order valence-electron chi connectivity index (χ3n) is 4.50. The fourth-order valence-electron chi connectivity index (χ4n) is 2.25. The second-order valence-corrected chi connectivity index (χ2v) is 26.3. The van der Waals surface area contributed by atoms with Crippen molar-refractivity contribution < 1.29 is 17.1 Å². The van der Waals surface area contributed by atoms with Gasteiger partial charge in [-0.3, -0.25) is 0 Å². The topological polar surface area (TPSA) is 0 Å². The fourth-order valence-corrected chi connectivity index (χ4v) is 6.75. The summed E-state index contributed by atoms with van der Waals surface area (Å²) < 4.78 is 0. The first-order valence-electron chi connectivity index (χ1n) is 11.3. The van der Waals surface area contributed by atoms with E-state index in [1.807, 2.05) is 0 Å². The summed E-state index contributed by atoms with van der Waals surface area (Å²) in [5.41, 5.74) is 0. The molecule has 0 aromatic rings. The monoisotopic (exact) mass is 525 g/mol. The van der Waals surface area contributed by atoms with Gasteiger partial charge in [0.25, 0.3) is 0 Å². The molecule has 0 atom stereocenters.